The first-order chi connectivity index (χ1) is 9.67. The van der Waals surface area contributed by atoms with Crippen LogP contribution in [-0.4, -0.2) is 37.0 Å². The molecule has 0 spiro atoms. The van der Waals surface area contributed by atoms with Gasteiger partial charge in [-0.3, -0.25) is 4.79 Å². The maximum absolute atomic E-state index is 11.4. The van der Waals surface area contributed by atoms with Crippen molar-refractivity contribution in [1.82, 2.24) is 4.90 Å². The number of hydrogen-bond donors (Lipinski definition) is 2. The number of amides is 1. The second-order valence-corrected chi connectivity index (χ2v) is 5.56. The lowest BCUT2D eigenvalue weighted by molar-refractivity contribution is -0.115. The average Bonchev–Trinajstić information content (AvgIpc) is 2.64. The number of nitrogens with one attached hydrogen (secondary N) is 2. The van der Waals surface area contributed by atoms with Crippen LogP contribution in [0.1, 0.15) is 32.6 Å². The third-order valence-electron chi connectivity index (χ3n) is 3.79. The van der Waals surface area contributed by atoms with Crippen molar-refractivity contribution >= 4 is 17.3 Å². The first-order valence-electron chi connectivity index (χ1n) is 7.52. The quantitative estimate of drug-likeness (QED) is 0.888. The van der Waals surface area contributed by atoms with Crippen molar-refractivity contribution in [1.29, 1.82) is 0 Å². The molecule has 1 aliphatic rings. The SMILES string of the molecule is CCC(=O)Nc1cccc(NC2CCCN(C)CC2)c1. The fourth-order valence-corrected chi connectivity index (χ4v) is 2.56. The van der Waals surface area contributed by atoms with Crippen molar-refractivity contribution in [2.24, 2.45) is 0 Å². The van der Waals surface area contributed by atoms with E-state index < -0.39 is 0 Å². The number of carbonyl (C=O) groups excluding carboxylic acids is 1. The summed E-state index contributed by atoms with van der Waals surface area (Å²) in [7, 11) is 2.18. The standard InChI is InChI=1S/C16H25N3O/c1-3-16(20)18-15-7-4-6-14(12-15)17-13-8-5-10-19(2)11-9-13/h4,6-7,12-13,17H,3,5,8-11H2,1-2H3,(H,18,20). The highest BCUT2D eigenvalue weighted by Gasteiger charge is 2.14. The Morgan fingerprint density at radius 3 is 2.90 bits per heavy atom. The summed E-state index contributed by atoms with van der Waals surface area (Å²) in [5.74, 6) is 0.0539. The van der Waals surface area contributed by atoms with Gasteiger partial charge in [0, 0.05) is 23.8 Å². The van der Waals surface area contributed by atoms with E-state index in [-0.39, 0.29) is 5.91 Å². The van der Waals surface area contributed by atoms with Crippen LogP contribution >= 0.6 is 0 Å². The monoisotopic (exact) mass is 275 g/mol. The van der Waals surface area contributed by atoms with E-state index in [9.17, 15) is 4.79 Å². The van der Waals surface area contributed by atoms with Gasteiger partial charge in [-0.1, -0.05) is 13.0 Å². The fraction of sp³-hybridized carbons (Fsp3) is 0.562. The minimum Gasteiger partial charge on any atom is -0.382 e. The van der Waals surface area contributed by atoms with E-state index in [0.717, 1.165) is 17.9 Å². The zero-order valence-electron chi connectivity index (χ0n) is 12.5. The molecule has 1 unspecified atom stereocenters. The van der Waals surface area contributed by atoms with Crippen LogP contribution in [0.5, 0.6) is 0 Å². The van der Waals surface area contributed by atoms with E-state index in [1.165, 1.54) is 25.8 Å². The van der Waals surface area contributed by atoms with E-state index in [4.69, 9.17) is 0 Å². The molecule has 4 heteroatoms. The number of likely N-dealkylation sites (tertiary alicyclic amines) is 1. The Morgan fingerprint density at radius 1 is 1.30 bits per heavy atom. The van der Waals surface area contributed by atoms with Crippen LogP contribution in [0.3, 0.4) is 0 Å². The van der Waals surface area contributed by atoms with Gasteiger partial charge >= 0.3 is 0 Å². The van der Waals surface area contributed by atoms with E-state index in [1.807, 2.05) is 25.1 Å². The first kappa shape index (κ1) is 14.9. The van der Waals surface area contributed by atoms with Gasteiger partial charge < -0.3 is 15.5 Å². The minimum absolute atomic E-state index is 0.0539. The Balaban J connectivity index is 1.95. The molecule has 110 valence electrons. The maximum Gasteiger partial charge on any atom is 0.224 e. The number of carbonyl (C=O) groups is 1. The summed E-state index contributed by atoms with van der Waals surface area (Å²) in [5, 5.41) is 6.50. The van der Waals surface area contributed by atoms with Crippen LogP contribution in [0.15, 0.2) is 24.3 Å². The van der Waals surface area contributed by atoms with Crippen molar-refractivity contribution in [2.75, 3.05) is 30.8 Å². The summed E-state index contributed by atoms with van der Waals surface area (Å²) in [6.07, 6.45) is 4.12. The molecule has 1 fully saturated rings. The highest BCUT2D eigenvalue weighted by atomic mass is 16.1. The predicted octanol–water partition coefficient (Wildman–Crippen LogP) is 2.93. The van der Waals surface area contributed by atoms with Crippen molar-refractivity contribution < 1.29 is 4.79 Å². The summed E-state index contributed by atoms with van der Waals surface area (Å²) < 4.78 is 0. The van der Waals surface area contributed by atoms with Gasteiger partial charge in [0.2, 0.25) is 5.91 Å². The van der Waals surface area contributed by atoms with Gasteiger partial charge in [0.1, 0.15) is 0 Å². The molecule has 1 saturated heterocycles. The van der Waals surface area contributed by atoms with Crippen LogP contribution in [0.25, 0.3) is 0 Å². The van der Waals surface area contributed by atoms with Gasteiger partial charge in [-0.2, -0.15) is 0 Å². The molecule has 1 aromatic rings. The molecule has 0 bridgehead atoms. The summed E-state index contributed by atoms with van der Waals surface area (Å²) in [5.41, 5.74) is 1.96. The lowest BCUT2D eigenvalue weighted by Crippen LogP contribution is -2.23. The van der Waals surface area contributed by atoms with Crippen LogP contribution < -0.4 is 10.6 Å². The van der Waals surface area contributed by atoms with Gasteiger partial charge in [0.15, 0.2) is 0 Å². The van der Waals surface area contributed by atoms with Gasteiger partial charge in [-0.15, -0.1) is 0 Å². The van der Waals surface area contributed by atoms with E-state index >= 15 is 0 Å². The third-order valence-corrected chi connectivity index (χ3v) is 3.79. The molecule has 2 N–H and O–H groups in total. The largest absolute Gasteiger partial charge is 0.382 e. The van der Waals surface area contributed by atoms with E-state index in [2.05, 4.69) is 28.6 Å². The van der Waals surface area contributed by atoms with Gasteiger partial charge in [-0.25, -0.2) is 0 Å². The number of rotatable bonds is 4. The van der Waals surface area contributed by atoms with Crippen molar-refractivity contribution in [2.45, 2.75) is 38.6 Å². The molecule has 4 nitrogen and oxygen atoms in total. The van der Waals surface area contributed by atoms with Gasteiger partial charge in [0.05, 0.1) is 0 Å². The minimum atomic E-state index is 0.0539. The molecule has 0 radical (unpaired) electrons. The Kier molecular flexibility index (Phi) is 5.41. The smallest absolute Gasteiger partial charge is 0.224 e. The van der Waals surface area contributed by atoms with Crippen LogP contribution in [0, 0.1) is 0 Å². The number of hydrogen-bond acceptors (Lipinski definition) is 3. The highest BCUT2D eigenvalue weighted by molar-refractivity contribution is 5.90. The number of nitrogens with zero attached hydrogens (tertiary/aromatic N) is 1. The molecule has 1 atom stereocenters. The summed E-state index contributed by atoms with van der Waals surface area (Å²) in [6, 6.07) is 8.52. The van der Waals surface area contributed by atoms with E-state index in [0.29, 0.717) is 12.5 Å². The maximum atomic E-state index is 11.4. The molecule has 1 amide bonds. The Hall–Kier alpha value is -1.55. The average molecular weight is 275 g/mol. The second-order valence-electron chi connectivity index (χ2n) is 5.56. The highest BCUT2D eigenvalue weighted by Crippen LogP contribution is 2.19. The Labute approximate surface area is 121 Å². The normalized spacial score (nSPS) is 20.2. The van der Waals surface area contributed by atoms with Crippen LogP contribution in [0.2, 0.25) is 0 Å². The van der Waals surface area contributed by atoms with Crippen LogP contribution in [0.4, 0.5) is 11.4 Å². The molecular weight excluding hydrogens is 250 g/mol. The first-order valence-corrected chi connectivity index (χ1v) is 7.52. The van der Waals surface area contributed by atoms with Gasteiger partial charge in [0.25, 0.3) is 0 Å². The third kappa shape index (κ3) is 4.53. The van der Waals surface area contributed by atoms with Crippen LogP contribution in [-0.2, 0) is 4.79 Å². The molecule has 2 rings (SSSR count). The van der Waals surface area contributed by atoms with Crippen molar-refractivity contribution in [3.63, 3.8) is 0 Å². The Bertz CT molecular complexity index is 447. The summed E-state index contributed by atoms with van der Waals surface area (Å²) in [4.78, 5) is 13.8. The summed E-state index contributed by atoms with van der Waals surface area (Å²) >= 11 is 0. The number of benzene rings is 1. The molecule has 0 aliphatic carbocycles. The molecular formula is C16H25N3O. The Morgan fingerprint density at radius 2 is 2.10 bits per heavy atom. The predicted molar refractivity (Wildman–Crippen MR) is 84.1 cm³/mol. The topological polar surface area (TPSA) is 44.4 Å². The second kappa shape index (κ2) is 7.29. The molecule has 1 aliphatic heterocycles. The zero-order chi connectivity index (χ0) is 14.4. The zero-order valence-corrected chi connectivity index (χ0v) is 12.5. The van der Waals surface area contributed by atoms with E-state index in [1.54, 1.807) is 0 Å². The molecule has 1 heterocycles. The number of anilines is 2. The lowest BCUT2D eigenvalue weighted by atomic mass is 10.1. The van der Waals surface area contributed by atoms with Crippen molar-refractivity contribution in [3.8, 4) is 0 Å². The van der Waals surface area contributed by atoms with Gasteiger partial charge in [-0.05, 0) is 57.6 Å². The molecule has 0 aromatic heterocycles. The summed E-state index contributed by atoms with van der Waals surface area (Å²) in [6.45, 7) is 4.19. The lowest BCUT2D eigenvalue weighted by Gasteiger charge is -2.18. The molecule has 20 heavy (non-hydrogen) atoms. The molecule has 1 aromatic carbocycles. The molecule has 0 saturated carbocycles. The van der Waals surface area contributed by atoms with Crippen molar-refractivity contribution in [3.05, 3.63) is 24.3 Å². The fourth-order valence-electron chi connectivity index (χ4n) is 2.56.